The van der Waals surface area contributed by atoms with Gasteiger partial charge in [0.1, 0.15) is 19.8 Å². The minimum atomic E-state index is -1.70. The highest BCUT2D eigenvalue weighted by molar-refractivity contribution is 6.68. The van der Waals surface area contributed by atoms with Crippen LogP contribution in [0.5, 0.6) is 18.0 Å². The summed E-state index contributed by atoms with van der Waals surface area (Å²) in [4.78, 5) is 11.4. The molecule has 0 aliphatic carbocycles. The molecule has 1 aromatic heterocycles. The average Bonchev–Trinajstić information content (AvgIpc) is 2.38. The van der Waals surface area contributed by atoms with Gasteiger partial charge < -0.3 is 14.2 Å². The fourth-order valence-electron chi connectivity index (χ4n) is 0.953. The van der Waals surface area contributed by atoms with E-state index >= 15 is 0 Å². The molecule has 0 radical (unpaired) electrons. The van der Waals surface area contributed by atoms with Crippen molar-refractivity contribution >= 4 is 104 Å². The van der Waals surface area contributed by atoms with Crippen molar-refractivity contribution in [2.75, 3.05) is 19.8 Å². The van der Waals surface area contributed by atoms with E-state index in [9.17, 15) is 0 Å². The predicted molar refractivity (Wildman–Crippen MR) is 97.2 cm³/mol. The van der Waals surface area contributed by atoms with E-state index in [4.69, 9.17) is 119 Å². The monoisotopic (exact) mass is 519 g/mol. The number of hydrogen-bond donors (Lipinski definition) is 0. The number of hydrogen-bond acceptors (Lipinski definition) is 6. The fourth-order valence-corrected chi connectivity index (χ4v) is 1.44. The van der Waals surface area contributed by atoms with E-state index in [0.717, 1.165) is 0 Å². The van der Waals surface area contributed by atoms with Crippen LogP contribution >= 0.6 is 104 Å². The van der Waals surface area contributed by atoms with E-state index in [0.29, 0.717) is 0 Å². The van der Waals surface area contributed by atoms with E-state index in [-0.39, 0.29) is 37.9 Å². The molecule has 0 bridgehead atoms. The highest BCUT2D eigenvalue weighted by Gasteiger charge is 2.25. The molecule has 1 heterocycles. The number of alkyl halides is 9. The second-order valence-electron chi connectivity index (χ2n) is 3.89. The van der Waals surface area contributed by atoms with Crippen molar-refractivity contribution in [3.8, 4) is 18.0 Å². The molecule has 0 atom stereocenters. The van der Waals surface area contributed by atoms with E-state index in [1.54, 1.807) is 0 Å². The predicted octanol–water partition coefficient (Wildman–Crippen LogP) is 5.12. The molecular weight excluding hydrogens is 517 g/mol. The summed E-state index contributed by atoms with van der Waals surface area (Å²) in [5.41, 5.74) is 0. The summed E-state index contributed by atoms with van der Waals surface area (Å²) >= 11 is 50.1. The molecule has 0 spiro atoms. The van der Waals surface area contributed by atoms with Crippen LogP contribution in [0.1, 0.15) is 0 Å². The zero-order chi connectivity index (χ0) is 18.6. The summed E-state index contributed by atoms with van der Waals surface area (Å²) in [5.74, 6) is 0. The quantitative estimate of drug-likeness (QED) is 0.483. The summed E-state index contributed by atoms with van der Waals surface area (Å²) in [5, 5.41) is 0. The van der Waals surface area contributed by atoms with Crippen molar-refractivity contribution in [2.24, 2.45) is 0 Å². The Balaban J connectivity index is 2.91. The maximum Gasteiger partial charge on any atom is 0.325 e. The number of nitrogens with zero attached hydrogens (tertiary/aromatic N) is 3. The number of ether oxygens (including phenoxy) is 3. The van der Waals surface area contributed by atoms with Crippen molar-refractivity contribution in [1.29, 1.82) is 0 Å². The average molecular weight is 523 g/mol. The second kappa shape index (κ2) is 9.29. The third kappa shape index (κ3) is 11.6. The van der Waals surface area contributed by atoms with Crippen molar-refractivity contribution in [1.82, 2.24) is 15.0 Å². The Kier molecular flexibility index (Phi) is 8.92. The Morgan fingerprint density at radius 3 is 0.875 bits per heavy atom. The molecule has 0 saturated carbocycles. The third-order valence-electron chi connectivity index (χ3n) is 1.67. The lowest BCUT2D eigenvalue weighted by Crippen LogP contribution is -2.20. The number of aromatic nitrogens is 3. The highest BCUT2D eigenvalue weighted by atomic mass is 35.6. The van der Waals surface area contributed by atoms with Crippen molar-refractivity contribution in [3.63, 3.8) is 0 Å². The van der Waals surface area contributed by atoms with E-state index in [1.165, 1.54) is 0 Å². The van der Waals surface area contributed by atoms with Gasteiger partial charge in [-0.3, -0.25) is 0 Å². The van der Waals surface area contributed by atoms with Gasteiger partial charge in [0.2, 0.25) is 11.4 Å². The van der Waals surface area contributed by atoms with Crippen LogP contribution in [0.3, 0.4) is 0 Å². The first kappa shape index (κ1) is 23.1. The van der Waals surface area contributed by atoms with Crippen LogP contribution < -0.4 is 14.2 Å². The lowest BCUT2D eigenvalue weighted by atomic mass is 10.8. The Morgan fingerprint density at radius 2 is 0.708 bits per heavy atom. The summed E-state index contributed by atoms with van der Waals surface area (Å²) in [6.07, 6.45) is 0. The van der Waals surface area contributed by atoms with Crippen LogP contribution in [0.15, 0.2) is 0 Å². The normalized spacial score (nSPS) is 12.9. The molecule has 24 heavy (non-hydrogen) atoms. The minimum Gasteiger partial charge on any atom is -0.459 e. The topological polar surface area (TPSA) is 66.4 Å². The van der Waals surface area contributed by atoms with Crippen LogP contribution in [0.4, 0.5) is 0 Å². The minimum absolute atomic E-state index is 0.282. The van der Waals surface area contributed by atoms with Gasteiger partial charge in [0.15, 0.2) is 0 Å². The molecule has 0 unspecified atom stereocenters. The fraction of sp³-hybridized carbons (Fsp3) is 0.667. The van der Waals surface area contributed by atoms with Crippen LogP contribution in [0.2, 0.25) is 0 Å². The SMILES string of the molecule is ClC(Cl)(Cl)COc1nc(OCC(Cl)(Cl)Cl)nc(OCC(Cl)(Cl)Cl)n1. The largest absolute Gasteiger partial charge is 0.459 e. The van der Waals surface area contributed by atoms with Gasteiger partial charge in [-0.25, -0.2) is 0 Å². The Morgan fingerprint density at radius 1 is 0.500 bits per heavy atom. The maximum absolute atomic E-state index is 5.57. The van der Waals surface area contributed by atoms with E-state index < -0.39 is 11.4 Å². The van der Waals surface area contributed by atoms with Crippen LogP contribution in [0.25, 0.3) is 0 Å². The van der Waals surface area contributed by atoms with Gasteiger partial charge in [0, 0.05) is 0 Å². The first-order chi connectivity index (χ1) is 10.7. The molecule has 0 aliphatic rings. The van der Waals surface area contributed by atoms with Gasteiger partial charge in [-0.15, -0.1) is 15.0 Å². The molecule has 0 amide bonds. The first-order valence-corrected chi connectivity index (χ1v) is 8.98. The van der Waals surface area contributed by atoms with Gasteiger partial charge in [0.05, 0.1) is 0 Å². The Bertz CT molecular complexity index is 455. The Labute approximate surface area is 181 Å². The van der Waals surface area contributed by atoms with Crippen LogP contribution in [-0.4, -0.2) is 46.2 Å². The molecule has 15 heteroatoms. The second-order valence-corrected chi connectivity index (χ2v) is 11.4. The zero-order valence-electron chi connectivity index (χ0n) is 11.1. The van der Waals surface area contributed by atoms with Crippen molar-refractivity contribution in [3.05, 3.63) is 0 Å². The van der Waals surface area contributed by atoms with Gasteiger partial charge in [-0.05, 0) is 0 Å². The molecular formula is C9H6Cl9N3O3. The Hall–Kier alpha value is 1.02. The maximum atomic E-state index is 5.57. The summed E-state index contributed by atoms with van der Waals surface area (Å²) in [6.45, 7) is -1.10. The summed E-state index contributed by atoms with van der Waals surface area (Å²) < 4.78 is 10.2. The molecule has 0 fully saturated rings. The lowest BCUT2D eigenvalue weighted by Gasteiger charge is -2.15. The third-order valence-corrected chi connectivity index (χ3v) is 2.65. The first-order valence-electron chi connectivity index (χ1n) is 5.58. The van der Waals surface area contributed by atoms with E-state index in [1.807, 2.05) is 0 Å². The molecule has 0 aliphatic heterocycles. The molecule has 138 valence electrons. The van der Waals surface area contributed by atoms with Crippen LogP contribution in [-0.2, 0) is 0 Å². The smallest absolute Gasteiger partial charge is 0.325 e. The van der Waals surface area contributed by atoms with Crippen LogP contribution in [0, 0.1) is 0 Å². The number of halogens is 9. The van der Waals surface area contributed by atoms with Crippen molar-refractivity contribution in [2.45, 2.75) is 11.4 Å². The van der Waals surface area contributed by atoms with Gasteiger partial charge >= 0.3 is 18.0 Å². The summed E-state index contributed by atoms with van der Waals surface area (Å²) in [6, 6.07) is -0.847. The zero-order valence-corrected chi connectivity index (χ0v) is 17.9. The molecule has 0 saturated heterocycles. The summed E-state index contributed by atoms with van der Waals surface area (Å²) in [7, 11) is 0. The molecule has 0 N–H and O–H groups in total. The number of rotatable bonds is 6. The van der Waals surface area contributed by atoms with E-state index in [2.05, 4.69) is 15.0 Å². The highest BCUT2D eigenvalue weighted by Crippen LogP contribution is 2.29. The lowest BCUT2D eigenvalue weighted by molar-refractivity contribution is 0.241. The van der Waals surface area contributed by atoms with Gasteiger partial charge in [-0.2, -0.15) is 0 Å². The van der Waals surface area contributed by atoms with Gasteiger partial charge in [0.25, 0.3) is 0 Å². The molecule has 0 aromatic carbocycles. The van der Waals surface area contributed by atoms with Crippen molar-refractivity contribution < 1.29 is 14.2 Å². The standard InChI is InChI=1S/C9H6Cl9N3O3/c10-7(11,12)1-22-4-19-5(23-2-8(13,14)15)21-6(20-4)24-3-9(16,17)18/h1-3H2. The molecule has 6 nitrogen and oxygen atoms in total. The molecule has 1 rings (SSSR count). The van der Waals surface area contributed by atoms with Gasteiger partial charge in [-0.1, -0.05) is 104 Å². The molecule has 1 aromatic rings.